The Balaban J connectivity index is 3.81. The number of hydrogen-bond donors (Lipinski definition) is 1. The lowest BCUT2D eigenvalue weighted by molar-refractivity contribution is -0.163. The van der Waals surface area contributed by atoms with Crippen molar-refractivity contribution >= 4 is 0 Å². The van der Waals surface area contributed by atoms with Crippen LogP contribution in [-0.2, 0) is 18.5 Å². The zero-order chi connectivity index (χ0) is 17.5. The fourth-order valence-electron chi connectivity index (χ4n) is 1.86. The van der Waals surface area contributed by atoms with Gasteiger partial charge < -0.3 is 5.73 Å². The number of benzene rings is 1. The van der Waals surface area contributed by atoms with Crippen molar-refractivity contribution in [2.24, 2.45) is 5.73 Å². The Labute approximate surface area is 118 Å². The lowest BCUT2D eigenvalue weighted by Crippen LogP contribution is -2.23. The molecular weight excluding hydrogens is 329 g/mol. The fourth-order valence-corrected chi connectivity index (χ4v) is 1.86. The molecular formula is C12H10F9N. The molecule has 0 amide bonds. The highest BCUT2D eigenvalue weighted by atomic mass is 19.4. The summed E-state index contributed by atoms with van der Waals surface area (Å²) in [5, 5.41) is 0. The van der Waals surface area contributed by atoms with Gasteiger partial charge in [-0.2, -0.15) is 39.5 Å². The zero-order valence-corrected chi connectivity index (χ0v) is 10.9. The van der Waals surface area contributed by atoms with Crippen molar-refractivity contribution in [1.82, 2.24) is 0 Å². The van der Waals surface area contributed by atoms with Crippen LogP contribution in [-0.4, -0.2) is 0 Å². The normalized spacial score (nSPS) is 15.0. The molecule has 126 valence electrons. The van der Waals surface area contributed by atoms with E-state index in [4.69, 9.17) is 5.73 Å². The lowest BCUT2D eigenvalue weighted by atomic mass is 9.92. The minimum Gasteiger partial charge on any atom is -0.324 e. The van der Waals surface area contributed by atoms with E-state index >= 15 is 0 Å². The third-order valence-corrected chi connectivity index (χ3v) is 2.95. The Kier molecular flexibility index (Phi) is 4.76. The Bertz CT molecular complexity index is 539. The van der Waals surface area contributed by atoms with E-state index < -0.39 is 52.9 Å². The molecule has 1 atom stereocenters. The maximum absolute atomic E-state index is 12.8. The first-order valence-electron chi connectivity index (χ1n) is 5.84. The molecule has 0 aliphatic carbocycles. The van der Waals surface area contributed by atoms with Crippen molar-refractivity contribution in [1.29, 1.82) is 0 Å². The molecule has 1 aromatic rings. The van der Waals surface area contributed by atoms with E-state index in [0.29, 0.717) is 0 Å². The van der Waals surface area contributed by atoms with E-state index in [2.05, 4.69) is 0 Å². The molecule has 1 rings (SSSR count). The minimum absolute atomic E-state index is 0.167. The first kappa shape index (κ1) is 18.6. The van der Waals surface area contributed by atoms with E-state index in [1.54, 1.807) is 0 Å². The summed E-state index contributed by atoms with van der Waals surface area (Å²) in [4.78, 5) is 0. The fraction of sp³-hybridized carbons (Fsp3) is 0.500. The molecule has 1 aromatic carbocycles. The number of alkyl halides is 9. The summed E-state index contributed by atoms with van der Waals surface area (Å²) in [7, 11) is 0. The van der Waals surface area contributed by atoms with Crippen LogP contribution in [0.4, 0.5) is 39.5 Å². The number of rotatable bonds is 2. The van der Waals surface area contributed by atoms with E-state index in [9.17, 15) is 39.5 Å². The third kappa shape index (κ3) is 3.84. The molecule has 0 aromatic heterocycles. The molecule has 22 heavy (non-hydrogen) atoms. The summed E-state index contributed by atoms with van der Waals surface area (Å²) in [5.74, 6) is 0. The van der Waals surface area contributed by atoms with Gasteiger partial charge in [-0.25, -0.2) is 0 Å². The van der Waals surface area contributed by atoms with E-state index in [1.807, 2.05) is 0 Å². The van der Waals surface area contributed by atoms with Gasteiger partial charge in [-0.1, -0.05) is 6.92 Å². The smallest absolute Gasteiger partial charge is 0.324 e. The quantitative estimate of drug-likeness (QED) is 0.741. The van der Waals surface area contributed by atoms with Crippen molar-refractivity contribution in [2.45, 2.75) is 37.9 Å². The third-order valence-electron chi connectivity index (χ3n) is 2.95. The van der Waals surface area contributed by atoms with Gasteiger partial charge in [0.2, 0.25) is 0 Å². The van der Waals surface area contributed by atoms with E-state index in [1.165, 1.54) is 6.92 Å². The molecule has 0 bridgehead atoms. The molecule has 2 N–H and O–H groups in total. The summed E-state index contributed by atoms with van der Waals surface area (Å²) < 4.78 is 115. The molecule has 0 radical (unpaired) electrons. The van der Waals surface area contributed by atoms with Crippen LogP contribution in [0.1, 0.15) is 41.6 Å². The van der Waals surface area contributed by atoms with Crippen molar-refractivity contribution in [3.05, 3.63) is 34.4 Å². The first-order chi connectivity index (χ1) is 9.69. The van der Waals surface area contributed by atoms with Gasteiger partial charge in [-0.3, -0.25) is 0 Å². The monoisotopic (exact) mass is 339 g/mol. The van der Waals surface area contributed by atoms with E-state index in [0.717, 1.165) is 0 Å². The van der Waals surface area contributed by atoms with Crippen LogP contribution in [0.25, 0.3) is 0 Å². The number of halogens is 9. The molecule has 1 unspecified atom stereocenters. The highest BCUT2D eigenvalue weighted by molar-refractivity contribution is 5.44. The Morgan fingerprint density at radius 1 is 0.773 bits per heavy atom. The van der Waals surface area contributed by atoms with Gasteiger partial charge in [0.25, 0.3) is 0 Å². The SMILES string of the molecule is CCC(N)c1cc(C(F)(F)F)c(C(F)(F)F)cc1C(F)(F)F. The molecule has 1 nitrogen and oxygen atoms in total. The van der Waals surface area contributed by atoms with Crippen LogP contribution in [0.2, 0.25) is 0 Å². The van der Waals surface area contributed by atoms with Crippen molar-refractivity contribution in [3.8, 4) is 0 Å². The van der Waals surface area contributed by atoms with Crippen LogP contribution in [0.5, 0.6) is 0 Å². The maximum Gasteiger partial charge on any atom is 0.417 e. The predicted octanol–water partition coefficient (Wildman–Crippen LogP) is 5.15. The molecule has 10 heteroatoms. The Morgan fingerprint density at radius 2 is 1.14 bits per heavy atom. The molecule has 0 saturated carbocycles. The van der Waals surface area contributed by atoms with Crippen LogP contribution >= 0.6 is 0 Å². The van der Waals surface area contributed by atoms with Crippen LogP contribution < -0.4 is 5.73 Å². The number of hydrogen-bond acceptors (Lipinski definition) is 1. The first-order valence-corrected chi connectivity index (χ1v) is 5.84. The zero-order valence-electron chi connectivity index (χ0n) is 10.9. The second-order valence-electron chi connectivity index (χ2n) is 4.49. The highest BCUT2D eigenvalue weighted by Gasteiger charge is 2.46. The molecule has 0 saturated heterocycles. The average molecular weight is 339 g/mol. The minimum atomic E-state index is -5.58. The van der Waals surface area contributed by atoms with Crippen molar-refractivity contribution in [2.75, 3.05) is 0 Å². The molecule has 0 aliphatic rings. The average Bonchev–Trinajstić information content (AvgIpc) is 2.33. The predicted molar refractivity (Wildman–Crippen MR) is 58.7 cm³/mol. The summed E-state index contributed by atoms with van der Waals surface area (Å²) in [5.41, 5.74) is -2.10. The second-order valence-corrected chi connectivity index (χ2v) is 4.49. The summed E-state index contributed by atoms with van der Waals surface area (Å²) in [6, 6.07) is -2.17. The van der Waals surface area contributed by atoms with Gasteiger partial charge in [0, 0.05) is 6.04 Å². The van der Waals surface area contributed by atoms with Crippen molar-refractivity contribution < 1.29 is 39.5 Å². The van der Waals surface area contributed by atoms with Gasteiger partial charge >= 0.3 is 18.5 Å². The summed E-state index contributed by atoms with van der Waals surface area (Å²) in [6.45, 7) is 1.30. The largest absolute Gasteiger partial charge is 0.417 e. The lowest BCUT2D eigenvalue weighted by Gasteiger charge is -2.23. The van der Waals surface area contributed by atoms with Crippen LogP contribution in [0.15, 0.2) is 12.1 Å². The van der Waals surface area contributed by atoms with Gasteiger partial charge in [0.15, 0.2) is 0 Å². The molecule has 0 spiro atoms. The van der Waals surface area contributed by atoms with E-state index in [-0.39, 0.29) is 12.5 Å². The van der Waals surface area contributed by atoms with Gasteiger partial charge in [0.05, 0.1) is 16.7 Å². The standard InChI is InChI=1S/C12H10F9N/c1-2-9(22)5-3-7(11(16,17)18)8(12(19,20)21)4-6(5)10(13,14)15/h3-4,9H,2,22H2,1H3. The summed E-state index contributed by atoms with van der Waals surface area (Å²) >= 11 is 0. The van der Waals surface area contributed by atoms with Crippen molar-refractivity contribution in [3.63, 3.8) is 0 Å². The molecule has 0 heterocycles. The highest BCUT2D eigenvalue weighted by Crippen LogP contribution is 2.45. The topological polar surface area (TPSA) is 26.0 Å². The van der Waals surface area contributed by atoms with Gasteiger partial charge in [-0.05, 0) is 24.1 Å². The van der Waals surface area contributed by atoms with Gasteiger partial charge in [-0.15, -0.1) is 0 Å². The van der Waals surface area contributed by atoms with Gasteiger partial charge in [0.1, 0.15) is 0 Å². The Hall–Kier alpha value is -1.45. The summed E-state index contributed by atoms with van der Waals surface area (Å²) in [6.07, 6.45) is -16.5. The molecule has 0 fully saturated rings. The van der Waals surface area contributed by atoms with Crippen LogP contribution in [0, 0.1) is 0 Å². The van der Waals surface area contributed by atoms with Crippen LogP contribution in [0.3, 0.4) is 0 Å². The second kappa shape index (κ2) is 5.64. The maximum atomic E-state index is 12.8. The Morgan fingerprint density at radius 3 is 1.45 bits per heavy atom. The molecule has 0 aliphatic heterocycles. The number of nitrogens with two attached hydrogens (primary N) is 1.